The number of rotatable bonds is 7. The Morgan fingerprint density at radius 2 is 1.68 bits per heavy atom. The Kier molecular flexibility index (Phi) is 7.10. The molecule has 0 spiro atoms. The van der Waals surface area contributed by atoms with Gasteiger partial charge in [0.25, 0.3) is 11.8 Å². The van der Waals surface area contributed by atoms with Gasteiger partial charge in [0.15, 0.2) is 6.10 Å². The van der Waals surface area contributed by atoms with E-state index in [1.165, 1.54) is 0 Å². The van der Waals surface area contributed by atoms with Gasteiger partial charge in [-0.2, -0.15) is 0 Å². The van der Waals surface area contributed by atoms with Crippen molar-refractivity contribution in [3.05, 3.63) is 64.1 Å². The first-order valence-electron chi connectivity index (χ1n) is 7.70. The highest BCUT2D eigenvalue weighted by Crippen LogP contribution is 2.32. The number of ether oxygens (including phenoxy) is 1. The Labute approximate surface area is 156 Å². The molecule has 0 unspecified atom stereocenters. The zero-order valence-corrected chi connectivity index (χ0v) is 15.1. The molecule has 0 saturated heterocycles. The van der Waals surface area contributed by atoms with Crippen molar-refractivity contribution in [1.29, 1.82) is 0 Å². The van der Waals surface area contributed by atoms with Gasteiger partial charge < -0.3 is 15.4 Å². The average Bonchev–Trinajstić information content (AvgIpc) is 2.62. The highest BCUT2D eigenvalue weighted by atomic mass is 35.5. The molecule has 25 heavy (non-hydrogen) atoms. The van der Waals surface area contributed by atoms with Crippen molar-refractivity contribution in [3.8, 4) is 5.75 Å². The summed E-state index contributed by atoms with van der Waals surface area (Å²) in [7, 11) is 0. The van der Waals surface area contributed by atoms with Gasteiger partial charge in [-0.3, -0.25) is 9.59 Å². The molecular formula is C18H18Cl2N2O3. The maximum Gasteiger partial charge on any atom is 0.260 e. The van der Waals surface area contributed by atoms with Gasteiger partial charge in [0, 0.05) is 18.7 Å². The molecule has 0 radical (unpaired) electrons. The summed E-state index contributed by atoms with van der Waals surface area (Å²) in [6, 6.07) is 13.8. The van der Waals surface area contributed by atoms with Crippen LogP contribution in [-0.2, 0) is 4.79 Å². The molecule has 2 amide bonds. The predicted molar refractivity (Wildman–Crippen MR) is 98.3 cm³/mol. The lowest BCUT2D eigenvalue weighted by Crippen LogP contribution is -2.40. The third kappa shape index (κ3) is 5.66. The monoisotopic (exact) mass is 380 g/mol. The molecule has 0 aliphatic heterocycles. The molecule has 1 atom stereocenters. The van der Waals surface area contributed by atoms with E-state index in [0.717, 1.165) is 0 Å². The SMILES string of the molecule is C[C@@H](Oc1cccc(Cl)c1Cl)C(=O)NCCNC(=O)c1ccccc1. The Bertz CT molecular complexity index is 738. The lowest BCUT2D eigenvalue weighted by atomic mass is 10.2. The minimum absolute atomic E-state index is 0.190. The molecule has 0 saturated carbocycles. The fraction of sp³-hybridized carbons (Fsp3) is 0.222. The Morgan fingerprint density at radius 3 is 2.40 bits per heavy atom. The van der Waals surface area contributed by atoms with Gasteiger partial charge in [-0.1, -0.05) is 47.5 Å². The third-order valence-corrected chi connectivity index (χ3v) is 4.14. The van der Waals surface area contributed by atoms with Crippen LogP contribution < -0.4 is 15.4 Å². The topological polar surface area (TPSA) is 67.4 Å². The third-order valence-electron chi connectivity index (χ3n) is 3.33. The number of benzene rings is 2. The van der Waals surface area contributed by atoms with Crippen molar-refractivity contribution in [1.82, 2.24) is 10.6 Å². The number of halogens is 2. The quantitative estimate of drug-likeness (QED) is 0.724. The number of nitrogens with one attached hydrogen (secondary N) is 2. The highest BCUT2D eigenvalue weighted by Gasteiger charge is 2.16. The van der Waals surface area contributed by atoms with Crippen molar-refractivity contribution in [2.75, 3.05) is 13.1 Å². The lowest BCUT2D eigenvalue weighted by molar-refractivity contribution is -0.127. The first kappa shape index (κ1) is 19.1. The molecular weight excluding hydrogens is 363 g/mol. The van der Waals surface area contributed by atoms with E-state index >= 15 is 0 Å². The van der Waals surface area contributed by atoms with E-state index < -0.39 is 6.10 Å². The lowest BCUT2D eigenvalue weighted by Gasteiger charge is -2.16. The van der Waals surface area contributed by atoms with Gasteiger partial charge in [-0.05, 0) is 31.2 Å². The number of carbonyl (C=O) groups is 2. The van der Waals surface area contributed by atoms with Crippen LogP contribution in [-0.4, -0.2) is 31.0 Å². The Balaban J connectivity index is 1.74. The summed E-state index contributed by atoms with van der Waals surface area (Å²) in [4.78, 5) is 23.9. The Morgan fingerprint density at radius 1 is 1.00 bits per heavy atom. The molecule has 2 rings (SSSR count). The van der Waals surface area contributed by atoms with E-state index in [9.17, 15) is 9.59 Å². The molecule has 0 aliphatic rings. The molecule has 132 valence electrons. The van der Waals surface area contributed by atoms with Crippen molar-refractivity contribution in [3.63, 3.8) is 0 Å². The summed E-state index contributed by atoms with van der Waals surface area (Å²) in [5.41, 5.74) is 0.570. The first-order chi connectivity index (χ1) is 12.0. The van der Waals surface area contributed by atoms with E-state index in [1.807, 2.05) is 6.07 Å². The molecule has 0 fully saturated rings. The maximum atomic E-state index is 12.0. The first-order valence-corrected chi connectivity index (χ1v) is 8.46. The van der Waals surface area contributed by atoms with Crippen LogP contribution in [0.15, 0.2) is 48.5 Å². The van der Waals surface area contributed by atoms with E-state index in [4.69, 9.17) is 27.9 Å². The molecule has 7 heteroatoms. The van der Waals surface area contributed by atoms with Crippen LogP contribution in [0.1, 0.15) is 17.3 Å². The van der Waals surface area contributed by atoms with Gasteiger partial charge in [0.2, 0.25) is 0 Å². The molecule has 5 nitrogen and oxygen atoms in total. The molecule has 0 heterocycles. The minimum atomic E-state index is -0.749. The molecule has 0 aliphatic carbocycles. The van der Waals surface area contributed by atoms with E-state index in [-0.39, 0.29) is 23.4 Å². The van der Waals surface area contributed by atoms with E-state index in [2.05, 4.69) is 10.6 Å². The maximum absolute atomic E-state index is 12.0. The summed E-state index contributed by atoms with van der Waals surface area (Å²) in [5, 5.41) is 6.04. The van der Waals surface area contributed by atoms with Crippen LogP contribution in [0, 0.1) is 0 Å². The van der Waals surface area contributed by atoms with E-state index in [0.29, 0.717) is 22.9 Å². The number of carbonyl (C=O) groups excluding carboxylic acids is 2. The van der Waals surface area contributed by atoms with Crippen molar-refractivity contribution in [2.45, 2.75) is 13.0 Å². The van der Waals surface area contributed by atoms with Crippen LogP contribution in [0.4, 0.5) is 0 Å². The smallest absolute Gasteiger partial charge is 0.260 e. The van der Waals surface area contributed by atoms with Crippen LogP contribution in [0.5, 0.6) is 5.75 Å². The second-order valence-corrected chi connectivity index (χ2v) is 6.01. The van der Waals surface area contributed by atoms with E-state index in [1.54, 1.807) is 49.4 Å². The Hall–Kier alpha value is -2.24. The fourth-order valence-electron chi connectivity index (χ4n) is 2.02. The van der Waals surface area contributed by atoms with Gasteiger partial charge in [-0.15, -0.1) is 0 Å². The van der Waals surface area contributed by atoms with Crippen LogP contribution in [0.25, 0.3) is 0 Å². The zero-order valence-electron chi connectivity index (χ0n) is 13.6. The molecule has 2 aromatic rings. The summed E-state index contributed by atoms with van der Waals surface area (Å²) >= 11 is 11.9. The summed E-state index contributed by atoms with van der Waals surface area (Å²) in [6.07, 6.45) is -0.749. The highest BCUT2D eigenvalue weighted by molar-refractivity contribution is 6.42. The summed E-state index contributed by atoms with van der Waals surface area (Å²) in [5.74, 6) is -0.163. The van der Waals surface area contributed by atoms with Crippen LogP contribution in [0.3, 0.4) is 0 Å². The number of hydrogen-bond donors (Lipinski definition) is 2. The largest absolute Gasteiger partial charge is 0.479 e. The van der Waals surface area contributed by atoms with Gasteiger partial charge in [0.1, 0.15) is 10.8 Å². The van der Waals surface area contributed by atoms with Gasteiger partial charge in [0.05, 0.1) is 5.02 Å². The predicted octanol–water partition coefficient (Wildman–Crippen LogP) is 3.31. The standard InChI is InChI=1S/C18H18Cl2N2O3/c1-12(25-15-9-5-8-14(19)16(15)20)17(23)21-10-11-22-18(24)13-6-3-2-4-7-13/h2-9,12H,10-11H2,1H3,(H,21,23)(H,22,24)/t12-/m1/s1. The number of hydrogen-bond acceptors (Lipinski definition) is 3. The van der Waals surface area contributed by atoms with Crippen molar-refractivity contribution in [2.24, 2.45) is 0 Å². The summed E-state index contributed by atoms with van der Waals surface area (Å²) < 4.78 is 5.52. The van der Waals surface area contributed by atoms with Gasteiger partial charge >= 0.3 is 0 Å². The molecule has 2 aromatic carbocycles. The molecule has 2 N–H and O–H groups in total. The second-order valence-electron chi connectivity index (χ2n) is 5.22. The van der Waals surface area contributed by atoms with Crippen molar-refractivity contribution >= 4 is 35.0 Å². The van der Waals surface area contributed by atoms with Crippen LogP contribution >= 0.6 is 23.2 Å². The fourth-order valence-corrected chi connectivity index (χ4v) is 2.35. The normalized spacial score (nSPS) is 11.5. The molecule has 0 aromatic heterocycles. The average molecular weight is 381 g/mol. The second kappa shape index (κ2) is 9.30. The summed E-state index contributed by atoms with van der Waals surface area (Å²) in [6.45, 7) is 2.20. The van der Waals surface area contributed by atoms with Gasteiger partial charge in [-0.25, -0.2) is 0 Å². The minimum Gasteiger partial charge on any atom is -0.479 e. The zero-order chi connectivity index (χ0) is 18.2. The van der Waals surface area contributed by atoms with Crippen LogP contribution in [0.2, 0.25) is 10.0 Å². The number of amides is 2. The van der Waals surface area contributed by atoms with Crippen molar-refractivity contribution < 1.29 is 14.3 Å². The molecule has 0 bridgehead atoms.